The molecule has 1 fully saturated rings. The average molecular weight is 301 g/mol. The topological polar surface area (TPSA) is 70.8 Å². The van der Waals surface area contributed by atoms with Crippen LogP contribution in [0.5, 0.6) is 0 Å². The number of carbonyl (C=O) groups excluding carboxylic acids is 2. The number of hydrogen-bond donors (Lipinski definition) is 1. The molecule has 2 aromatic rings. The van der Waals surface area contributed by atoms with Gasteiger partial charge >= 0.3 is 0 Å². The van der Waals surface area contributed by atoms with Gasteiger partial charge in [0.25, 0.3) is 11.7 Å². The average Bonchev–Trinajstić information content (AvgIpc) is 3.10. The summed E-state index contributed by atoms with van der Waals surface area (Å²) >= 11 is 0. The molecule has 1 amide bonds. The number of aliphatic hydroxyl groups excluding tert-OH is 1. The largest absolute Gasteiger partial charge is 0.507 e. The highest BCUT2D eigenvalue weighted by atomic mass is 19.1. The van der Waals surface area contributed by atoms with Crippen molar-refractivity contribution in [1.29, 1.82) is 0 Å². The van der Waals surface area contributed by atoms with Crippen LogP contribution in [0.1, 0.15) is 17.4 Å². The molecule has 1 aliphatic rings. The van der Waals surface area contributed by atoms with E-state index in [-0.39, 0.29) is 16.9 Å². The van der Waals surface area contributed by atoms with Gasteiger partial charge in [0.15, 0.2) is 0 Å². The number of aliphatic hydroxyl groups is 1. The van der Waals surface area contributed by atoms with Crippen LogP contribution in [0.25, 0.3) is 5.76 Å². The molecule has 0 bridgehead atoms. The van der Waals surface area contributed by atoms with Gasteiger partial charge in [-0.2, -0.15) is 0 Å². The van der Waals surface area contributed by atoms with Gasteiger partial charge in [-0.05, 0) is 36.4 Å². The summed E-state index contributed by atoms with van der Waals surface area (Å²) in [5, 5.41) is 10.4. The molecule has 22 heavy (non-hydrogen) atoms. The quantitative estimate of drug-likeness (QED) is 0.525. The first-order chi connectivity index (χ1) is 10.5. The van der Waals surface area contributed by atoms with Crippen molar-refractivity contribution in [1.82, 2.24) is 4.90 Å². The Morgan fingerprint density at radius 1 is 1.23 bits per heavy atom. The van der Waals surface area contributed by atoms with Gasteiger partial charge in [0, 0.05) is 12.6 Å². The normalized spacial score (nSPS) is 20.6. The molecule has 0 radical (unpaired) electrons. The smallest absolute Gasteiger partial charge is 0.295 e. The lowest BCUT2D eigenvalue weighted by atomic mass is 9.99. The zero-order chi connectivity index (χ0) is 15.9. The highest BCUT2D eigenvalue weighted by molar-refractivity contribution is 6.46. The van der Waals surface area contributed by atoms with E-state index in [1.807, 2.05) is 0 Å². The van der Waals surface area contributed by atoms with E-state index in [0.29, 0.717) is 5.76 Å². The van der Waals surface area contributed by atoms with E-state index < -0.39 is 23.5 Å². The minimum atomic E-state index is -0.806. The molecule has 1 atom stereocenters. The molecule has 5 nitrogen and oxygen atoms in total. The lowest BCUT2D eigenvalue weighted by molar-refractivity contribution is -0.139. The lowest BCUT2D eigenvalue weighted by Crippen LogP contribution is -2.24. The maximum Gasteiger partial charge on any atom is 0.295 e. The molecule has 1 unspecified atom stereocenters. The van der Waals surface area contributed by atoms with E-state index in [4.69, 9.17) is 4.42 Å². The maximum atomic E-state index is 13.0. The molecule has 112 valence electrons. The van der Waals surface area contributed by atoms with E-state index in [1.54, 1.807) is 12.1 Å². The van der Waals surface area contributed by atoms with Crippen LogP contribution in [0.3, 0.4) is 0 Å². The van der Waals surface area contributed by atoms with Crippen LogP contribution < -0.4 is 0 Å². The minimum absolute atomic E-state index is 0.0749. The zero-order valence-corrected chi connectivity index (χ0v) is 11.6. The number of carbonyl (C=O) groups is 2. The molecule has 1 aromatic carbocycles. The molecule has 1 N–H and O–H groups in total. The van der Waals surface area contributed by atoms with Crippen molar-refractivity contribution in [2.45, 2.75) is 6.04 Å². The third-order valence-electron chi connectivity index (χ3n) is 3.61. The van der Waals surface area contributed by atoms with Crippen LogP contribution in [0, 0.1) is 5.82 Å². The molecule has 2 heterocycles. The summed E-state index contributed by atoms with van der Waals surface area (Å²) in [4.78, 5) is 25.3. The number of rotatable bonds is 2. The third kappa shape index (κ3) is 2.09. The summed E-state index contributed by atoms with van der Waals surface area (Å²) < 4.78 is 18.3. The first-order valence-electron chi connectivity index (χ1n) is 6.54. The monoisotopic (exact) mass is 301 g/mol. The molecule has 6 heteroatoms. The van der Waals surface area contributed by atoms with Gasteiger partial charge in [0.1, 0.15) is 23.4 Å². The van der Waals surface area contributed by atoms with Crippen molar-refractivity contribution in [3.8, 4) is 0 Å². The Morgan fingerprint density at radius 3 is 2.50 bits per heavy atom. The Bertz CT molecular complexity index is 762. The summed E-state index contributed by atoms with van der Waals surface area (Å²) in [5.74, 6) is -1.99. The van der Waals surface area contributed by atoms with Crippen molar-refractivity contribution < 1.29 is 23.5 Å². The van der Waals surface area contributed by atoms with E-state index in [0.717, 1.165) is 0 Å². The van der Waals surface area contributed by atoms with Crippen molar-refractivity contribution >= 4 is 17.4 Å². The summed E-state index contributed by atoms with van der Waals surface area (Å²) in [6, 6.07) is 7.45. The molecule has 0 spiro atoms. The molecular formula is C16H12FNO4. The summed E-state index contributed by atoms with van der Waals surface area (Å²) in [7, 11) is 1.46. The Kier molecular flexibility index (Phi) is 3.29. The number of benzene rings is 1. The van der Waals surface area contributed by atoms with Crippen molar-refractivity contribution in [2.75, 3.05) is 7.05 Å². The number of nitrogens with zero attached hydrogens (tertiary/aromatic N) is 1. The molecule has 0 saturated carbocycles. The lowest BCUT2D eigenvalue weighted by Gasteiger charge is -2.18. The molecule has 3 rings (SSSR count). The van der Waals surface area contributed by atoms with Gasteiger partial charge < -0.3 is 14.4 Å². The second kappa shape index (κ2) is 5.14. The molecule has 1 aromatic heterocycles. The van der Waals surface area contributed by atoms with Gasteiger partial charge in [-0.3, -0.25) is 9.59 Å². The molecule has 0 aliphatic carbocycles. The number of ketones is 1. The van der Waals surface area contributed by atoms with Crippen LogP contribution in [-0.4, -0.2) is 28.7 Å². The van der Waals surface area contributed by atoms with Crippen molar-refractivity contribution in [2.24, 2.45) is 0 Å². The summed E-state index contributed by atoms with van der Waals surface area (Å²) in [6.07, 6.45) is 1.42. The van der Waals surface area contributed by atoms with Crippen LogP contribution in [0.15, 0.2) is 52.7 Å². The predicted octanol–water partition coefficient (Wildman–Crippen LogP) is 2.47. The van der Waals surface area contributed by atoms with Gasteiger partial charge in [-0.1, -0.05) is 0 Å². The van der Waals surface area contributed by atoms with Gasteiger partial charge in [0.05, 0.1) is 11.8 Å². The fraction of sp³-hybridized carbons (Fsp3) is 0.125. The van der Waals surface area contributed by atoms with E-state index >= 15 is 0 Å². The fourth-order valence-corrected chi connectivity index (χ4v) is 2.49. The highest BCUT2D eigenvalue weighted by Gasteiger charge is 2.45. The van der Waals surface area contributed by atoms with Crippen molar-refractivity contribution in [3.63, 3.8) is 0 Å². The number of likely N-dealkylation sites (tertiary alicyclic amines) is 1. The van der Waals surface area contributed by atoms with Gasteiger partial charge in [-0.15, -0.1) is 0 Å². The van der Waals surface area contributed by atoms with Gasteiger partial charge in [-0.25, -0.2) is 4.39 Å². The SMILES string of the molecule is CN1C(=O)C(=O)/C(=C(/O)c2ccc(F)cc2)C1c1ccco1. The van der Waals surface area contributed by atoms with Crippen LogP contribution in [-0.2, 0) is 9.59 Å². The van der Waals surface area contributed by atoms with E-state index in [2.05, 4.69) is 0 Å². The maximum absolute atomic E-state index is 13.0. The fourth-order valence-electron chi connectivity index (χ4n) is 2.49. The standard InChI is InChI=1S/C16H12FNO4/c1-18-13(11-3-2-8-22-11)12(15(20)16(18)21)14(19)9-4-6-10(17)7-5-9/h2-8,13,19H,1H3/b14-12+. The van der Waals surface area contributed by atoms with Crippen LogP contribution in [0.4, 0.5) is 4.39 Å². The Balaban J connectivity index is 2.16. The third-order valence-corrected chi connectivity index (χ3v) is 3.61. The Labute approximate surface area is 125 Å². The first kappa shape index (κ1) is 14.1. The number of likely N-dealkylation sites (N-methyl/N-ethyl adjacent to an activating group) is 1. The number of amides is 1. The van der Waals surface area contributed by atoms with Gasteiger partial charge in [0.2, 0.25) is 0 Å². The van der Waals surface area contributed by atoms with Crippen LogP contribution in [0.2, 0.25) is 0 Å². The number of hydrogen-bond acceptors (Lipinski definition) is 4. The number of furan rings is 1. The second-order valence-electron chi connectivity index (χ2n) is 4.93. The molecule has 1 saturated heterocycles. The Morgan fingerprint density at radius 2 is 1.91 bits per heavy atom. The molecule has 1 aliphatic heterocycles. The first-order valence-corrected chi connectivity index (χ1v) is 6.54. The predicted molar refractivity (Wildman–Crippen MR) is 75.2 cm³/mol. The van der Waals surface area contributed by atoms with E-state index in [9.17, 15) is 19.1 Å². The zero-order valence-electron chi connectivity index (χ0n) is 11.6. The minimum Gasteiger partial charge on any atom is -0.507 e. The summed E-state index contributed by atoms with van der Waals surface area (Å²) in [5.41, 5.74) is 0.179. The number of halogens is 1. The molecular weight excluding hydrogens is 289 g/mol. The van der Waals surface area contributed by atoms with E-state index in [1.165, 1.54) is 42.5 Å². The Hall–Kier alpha value is -2.89. The second-order valence-corrected chi connectivity index (χ2v) is 4.93. The van der Waals surface area contributed by atoms with Crippen molar-refractivity contribution in [3.05, 3.63) is 65.4 Å². The van der Waals surface area contributed by atoms with Crippen LogP contribution >= 0.6 is 0 Å². The summed E-state index contributed by atoms with van der Waals surface area (Å²) in [6.45, 7) is 0. The number of Topliss-reactive ketones (excluding diaryl/α,β-unsaturated/α-hetero) is 1. The highest BCUT2D eigenvalue weighted by Crippen LogP contribution is 2.38.